The van der Waals surface area contributed by atoms with Gasteiger partial charge in [-0.2, -0.15) is 0 Å². The number of carboxylic acids is 1. The van der Waals surface area contributed by atoms with Crippen molar-refractivity contribution in [1.29, 1.82) is 0 Å². The van der Waals surface area contributed by atoms with E-state index in [1.54, 1.807) is 24.3 Å². The highest BCUT2D eigenvalue weighted by Crippen LogP contribution is 2.26. The van der Waals surface area contributed by atoms with Crippen molar-refractivity contribution in [3.63, 3.8) is 0 Å². The van der Waals surface area contributed by atoms with Gasteiger partial charge in [-0.15, -0.1) is 0 Å². The molecule has 0 aliphatic carbocycles. The van der Waals surface area contributed by atoms with Crippen LogP contribution in [0.3, 0.4) is 0 Å². The van der Waals surface area contributed by atoms with E-state index >= 15 is 0 Å². The second-order valence-corrected chi connectivity index (χ2v) is 4.71. The summed E-state index contributed by atoms with van der Waals surface area (Å²) in [6, 6.07) is 13.6. The van der Waals surface area contributed by atoms with E-state index in [4.69, 9.17) is 11.6 Å². The van der Waals surface area contributed by atoms with Crippen molar-refractivity contribution >= 4 is 23.3 Å². The Kier molecular flexibility index (Phi) is 4.07. The van der Waals surface area contributed by atoms with E-state index in [9.17, 15) is 9.90 Å². The summed E-state index contributed by atoms with van der Waals surface area (Å²) in [5.41, 5.74) is 2.42. The summed E-state index contributed by atoms with van der Waals surface area (Å²) in [7, 11) is 0. The van der Waals surface area contributed by atoms with Gasteiger partial charge in [-0.25, -0.2) is 4.79 Å². The van der Waals surface area contributed by atoms with E-state index < -0.39 is 12.0 Å². The molecule has 4 heteroatoms. The molecule has 0 aliphatic rings. The predicted octanol–water partition coefficient (Wildman–Crippen LogP) is 3.89. The summed E-state index contributed by atoms with van der Waals surface area (Å²) in [5, 5.41) is 12.8. The lowest BCUT2D eigenvalue weighted by molar-refractivity contribution is -0.138. The standard InChI is InChI=1S/C15H14ClNO2/c1-10-6-8-11(9-7-10)17-14(15(18)19)12-4-2-3-5-13(12)16/h2-9,14,17H,1H3,(H,18,19). The van der Waals surface area contributed by atoms with E-state index in [-0.39, 0.29) is 0 Å². The second-order valence-electron chi connectivity index (χ2n) is 4.30. The fraction of sp³-hybridized carbons (Fsp3) is 0.133. The van der Waals surface area contributed by atoms with Gasteiger partial charge in [0.2, 0.25) is 0 Å². The number of hydrogen-bond donors (Lipinski definition) is 2. The lowest BCUT2D eigenvalue weighted by Gasteiger charge is -2.17. The Labute approximate surface area is 116 Å². The molecular formula is C15H14ClNO2. The van der Waals surface area contributed by atoms with Gasteiger partial charge in [0.05, 0.1) is 0 Å². The Morgan fingerprint density at radius 3 is 2.37 bits per heavy atom. The SMILES string of the molecule is Cc1ccc(NC(C(=O)O)c2ccccc2Cl)cc1. The molecule has 2 rings (SSSR count). The summed E-state index contributed by atoms with van der Waals surface area (Å²) in [6.07, 6.45) is 0. The zero-order valence-corrected chi connectivity index (χ0v) is 11.2. The highest BCUT2D eigenvalue weighted by Gasteiger charge is 2.21. The topological polar surface area (TPSA) is 49.3 Å². The van der Waals surface area contributed by atoms with Crippen LogP contribution in [0.25, 0.3) is 0 Å². The molecule has 2 aromatic carbocycles. The molecule has 0 amide bonds. The van der Waals surface area contributed by atoms with Crippen LogP contribution in [-0.2, 0) is 4.79 Å². The quantitative estimate of drug-likeness (QED) is 0.890. The molecule has 0 aliphatic heterocycles. The minimum Gasteiger partial charge on any atom is -0.479 e. The molecular weight excluding hydrogens is 262 g/mol. The fourth-order valence-electron chi connectivity index (χ4n) is 1.80. The molecule has 2 aromatic rings. The van der Waals surface area contributed by atoms with Crippen molar-refractivity contribution in [1.82, 2.24) is 0 Å². The number of carboxylic acid groups (broad SMARTS) is 1. The van der Waals surface area contributed by atoms with Crippen LogP contribution < -0.4 is 5.32 Å². The third-order valence-electron chi connectivity index (χ3n) is 2.83. The van der Waals surface area contributed by atoms with E-state index in [0.717, 1.165) is 11.3 Å². The highest BCUT2D eigenvalue weighted by atomic mass is 35.5. The lowest BCUT2D eigenvalue weighted by Crippen LogP contribution is -2.20. The molecule has 98 valence electrons. The first kappa shape index (κ1) is 13.4. The van der Waals surface area contributed by atoms with Gasteiger partial charge >= 0.3 is 5.97 Å². The van der Waals surface area contributed by atoms with Crippen LogP contribution in [0, 0.1) is 6.92 Å². The molecule has 0 heterocycles. The molecule has 0 radical (unpaired) electrons. The maximum absolute atomic E-state index is 11.4. The molecule has 19 heavy (non-hydrogen) atoms. The Morgan fingerprint density at radius 2 is 1.79 bits per heavy atom. The van der Waals surface area contributed by atoms with E-state index in [1.165, 1.54) is 0 Å². The van der Waals surface area contributed by atoms with Gasteiger partial charge in [0, 0.05) is 16.3 Å². The largest absolute Gasteiger partial charge is 0.479 e. The summed E-state index contributed by atoms with van der Waals surface area (Å²) < 4.78 is 0. The third-order valence-corrected chi connectivity index (χ3v) is 3.17. The van der Waals surface area contributed by atoms with E-state index in [1.807, 2.05) is 31.2 Å². The van der Waals surface area contributed by atoms with Gasteiger partial charge in [-0.1, -0.05) is 47.5 Å². The number of carbonyl (C=O) groups is 1. The van der Waals surface area contributed by atoms with Gasteiger partial charge in [0.1, 0.15) is 0 Å². The summed E-state index contributed by atoms with van der Waals surface area (Å²) in [4.78, 5) is 11.4. The Bertz CT molecular complexity index is 581. The van der Waals surface area contributed by atoms with Crippen molar-refractivity contribution in [3.8, 4) is 0 Å². The molecule has 3 nitrogen and oxygen atoms in total. The Morgan fingerprint density at radius 1 is 1.16 bits per heavy atom. The van der Waals surface area contributed by atoms with Crippen LogP contribution in [-0.4, -0.2) is 11.1 Å². The van der Waals surface area contributed by atoms with Crippen LogP contribution in [0.2, 0.25) is 5.02 Å². The molecule has 1 unspecified atom stereocenters. The van der Waals surface area contributed by atoms with Gasteiger partial charge in [-0.3, -0.25) is 0 Å². The zero-order chi connectivity index (χ0) is 13.8. The van der Waals surface area contributed by atoms with Crippen molar-refractivity contribution in [2.45, 2.75) is 13.0 Å². The molecule has 0 saturated heterocycles. The number of benzene rings is 2. The number of rotatable bonds is 4. The monoisotopic (exact) mass is 275 g/mol. The first-order valence-corrected chi connectivity index (χ1v) is 6.26. The van der Waals surface area contributed by atoms with Crippen LogP contribution in [0.4, 0.5) is 5.69 Å². The van der Waals surface area contributed by atoms with Crippen molar-refractivity contribution < 1.29 is 9.90 Å². The number of nitrogens with one attached hydrogen (secondary N) is 1. The minimum atomic E-state index is -0.964. The first-order valence-electron chi connectivity index (χ1n) is 5.88. The molecule has 0 saturated carbocycles. The normalized spacial score (nSPS) is 11.9. The Balaban J connectivity index is 2.29. The predicted molar refractivity (Wildman–Crippen MR) is 76.6 cm³/mol. The molecule has 0 bridgehead atoms. The molecule has 1 atom stereocenters. The van der Waals surface area contributed by atoms with Crippen LogP contribution >= 0.6 is 11.6 Å². The number of aryl methyl sites for hydroxylation is 1. The molecule has 2 N–H and O–H groups in total. The summed E-state index contributed by atoms with van der Waals surface area (Å²) in [5.74, 6) is -0.964. The van der Waals surface area contributed by atoms with Gasteiger partial charge in [0.25, 0.3) is 0 Å². The van der Waals surface area contributed by atoms with Crippen LogP contribution in [0.15, 0.2) is 48.5 Å². The first-order chi connectivity index (χ1) is 9.08. The Hall–Kier alpha value is -2.00. The maximum atomic E-state index is 11.4. The van der Waals surface area contributed by atoms with Gasteiger partial charge in [-0.05, 0) is 25.1 Å². The van der Waals surface area contributed by atoms with Crippen LogP contribution in [0.5, 0.6) is 0 Å². The summed E-state index contributed by atoms with van der Waals surface area (Å²) in [6.45, 7) is 1.98. The molecule has 0 aromatic heterocycles. The van der Waals surface area contributed by atoms with Crippen molar-refractivity contribution in [2.75, 3.05) is 5.32 Å². The van der Waals surface area contributed by atoms with E-state index in [0.29, 0.717) is 10.6 Å². The number of halogens is 1. The number of aliphatic carboxylic acids is 1. The van der Waals surface area contributed by atoms with Crippen molar-refractivity contribution in [3.05, 3.63) is 64.7 Å². The number of anilines is 1. The summed E-state index contributed by atoms with van der Waals surface area (Å²) >= 11 is 6.05. The second kappa shape index (κ2) is 5.76. The smallest absolute Gasteiger partial charge is 0.330 e. The van der Waals surface area contributed by atoms with Gasteiger partial charge in [0.15, 0.2) is 6.04 Å². The number of hydrogen-bond acceptors (Lipinski definition) is 2. The average Bonchev–Trinajstić information content (AvgIpc) is 2.39. The molecule has 0 spiro atoms. The van der Waals surface area contributed by atoms with Crippen LogP contribution in [0.1, 0.15) is 17.2 Å². The highest BCUT2D eigenvalue weighted by molar-refractivity contribution is 6.31. The molecule has 0 fully saturated rings. The fourth-order valence-corrected chi connectivity index (χ4v) is 2.04. The zero-order valence-electron chi connectivity index (χ0n) is 10.4. The van der Waals surface area contributed by atoms with Gasteiger partial charge < -0.3 is 10.4 Å². The minimum absolute atomic E-state index is 0.439. The van der Waals surface area contributed by atoms with Crippen molar-refractivity contribution in [2.24, 2.45) is 0 Å². The average molecular weight is 276 g/mol. The lowest BCUT2D eigenvalue weighted by atomic mass is 10.1. The van der Waals surface area contributed by atoms with E-state index in [2.05, 4.69) is 5.32 Å². The maximum Gasteiger partial charge on any atom is 0.330 e. The third kappa shape index (κ3) is 3.26.